The van der Waals surface area contributed by atoms with Crippen molar-refractivity contribution in [3.63, 3.8) is 0 Å². The van der Waals surface area contributed by atoms with Gasteiger partial charge in [-0.1, -0.05) is 31.2 Å². The minimum absolute atomic E-state index is 0.150. The fourth-order valence-electron chi connectivity index (χ4n) is 1.99. The van der Waals surface area contributed by atoms with Crippen molar-refractivity contribution in [2.75, 3.05) is 5.32 Å². The number of nitrogens with one attached hydrogen (secondary N) is 2. The van der Waals surface area contributed by atoms with Gasteiger partial charge in [0.15, 0.2) is 0 Å². The van der Waals surface area contributed by atoms with Gasteiger partial charge in [-0.05, 0) is 41.8 Å². The molecule has 0 saturated heterocycles. The largest absolute Gasteiger partial charge is 0.416 e. The normalized spacial score (nSPS) is 11.1. The number of aryl methyl sites for hydroxylation is 1. The molecule has 23 heavy (non-hydrogen) atoms. The maximum Gasteiger partial charge on any atom is 0.416 e. The molecule has 2 amide bonds. The Morgan fingerprint density at radius 3 is 2.04 bits per heavy atom. The number of hydrogen-bond acceptors (Lipinski definition) is 1. The topological polar surface area (TPSA) is 41.1 Å². The molecule has 0 spiro atoms. The zero-order valence-electron chi connectivity index (χ0n) is 12.6. The molecule has 0 aliphatic heterocycles. The van der Waals surface area contributed by atoms with E-state index < -0.39 is 17.8 Å². The van der Waals surface area contributed by atoms with Crippen LogP contribution in [0.4, 0.5) is 23.7 Å². The maximum absolute atomic E-state index is 12.5. The molecule has 0 aliphatic carbocycles. The summed E-state index contributed by atoms with van der Waals surface area (Å²) in [6.45, 7) is 2.19. The van der Waals surface area contributed by atoms with E-state index in [0.29, 0.717) is 11.3 Å². The lowest BCUT2D eigenvalue weighted by Gasteiger charge is -2.10. The van der Waals surface area contributed by atoms with Crippen molar-refractivity contribution in [3.05, 3.63) is 65.2 Å². The molecule has 3 nitrogen and oxygen atoms in total. The lowest BCUT2D eigenvalue weighted by Crippen LogP contribution is -2.28. The van der Waals surface area contributed by atoms with Crippen molar-refractivity contribution in [3.8, 4) is 0 Å². The van der Waals surface area contributed by atoms with Crippen LogP contribution in [0.15, 0.2) is 48.5 Å². The fourth-order valence-corrected chi connectivity index (χ4v) is 1.99. The Bertz CT molecular complexity index is 649. The maximum atomic E-state index is 12.5. The Labute approximate surface area is 132 Å². The molecular weight excluding hydrogens is 305 g/mol. The van der Waals surface area contributed by atoms with E-state index in [1.54, 1.807) is 12.1 Å². The molecule has 2 aromatic carbocycles. The average Bonchev–Trinajstić information content (AvgIpc) is 2.53. The lowest BCUT2D eigenvalue weighted by atomic mass is 10.1. The van der Waals surface area contributed by atoms with Gasteiger partial charge in [-0.15, -0.1) is 0 Å². The van der Waals surface area contributed by atoms with Gasteiger partial charge in [0, 0.05) is 12.2 Å². The van der Waals surface area contributed by atoms with Crippen molar-refractivity contribution in [2.24, 2.45) is 0 Å². The minimum atomic E-state index is -4.35. The molecule has 0 radical (unpaired) electrons. The van der Waals surface area contributed by atoms with Gasteiger partial charge in [0.05, 0.1) is 5.56 Å². The standard InChI is InChI=1S/C17H17F3N2O/c1-2-12-5-9-15(10-6-12)22-16(23)21-11-13-3-7-14(8-4-13)17(18,19)20/h3-10H,2,11H2,1H3,(H2,21,22,23). The number of urea groups is 1. The molecule has 0 heterocycles. The molecule has 2 N–H and O–H groups in total. The number of carbonyl (C=O) groups excluding carboxylic acids is 1. The Hall–Kier alpha value is -2.50. The number of alkyl halides is 3. The van der Waals surface area contributed by atoms with Crippen LogP contribution in [0.5, 0.6) is 0 Å². The van der Waals surface area contributed by atoms with Crippen molar-refractivity contribution in [1.82, 2.24) is 5.32 Å². The molecule has 0 unspecified atom stereocenters. The molecule has 0 fully saturated rings. The highest BCUT2D eigenvalue weighted by molar-refractivity contribution is 5.89. The first kappa shape index (κ1) is 16.9. The van der Waals surface area contributed by atoms with E-state index in [4.69, 9.17) is 0 Å². The highest BCUT2D eigenvalue weighted by Gasteiger charge is 2.29. The van der Waals surface area contributed by atoms with Gasteiger partial charge < -0.3 is 10.6 Å². The Kier molecular flexibility index (Phi) is 5.26. The van der Waals surface area contributed by atoms with Crippen LogP contribution in [0.3, 0.4) is 0 Å². The van der Waals surface area contributed by atoms with Crippen molar-refractivity contribution < 1.29 is 18.0 Å². The van der Waals surface area contributed by atoms with Gasteiger partial charge in [-0.25, -0.2) is 4.79 Å². The molecule has 2 rings (SSSR count). The van der Waals surface area contributed by atoms with Gasteiger partial charge >= 0.3 is 12.2 Å². The van der Waals surface area contributed by atoms with Gasteiger partial charge in [0.25, 0.3) is 0 Å². The molecule has 6 heteroatoms. The molecule has 0 saturated carbocycles. The van der Waals surface area contributed by atoms with E-state index in [0.717, 1.165) is 18.6 Å². The van der Waals surface area contributed by atoms with E-state index in [2.05, 4.69) is 10.6 Å². The quantitative estimate of drug-likeness (QED) is 0.849. The fraction of sp³-hybridized carbons (Fsp3) is 0.235. The first-order chi connectivity index (χ1) is 10.9. The van der Waals surface area contributed by atoms with E-state index >= 15 is 0 Å². The number of carbonyl (C=O) groups is 1. The number of hydrogen-bond donors (Lipinski definition) is 2. The first-order valence-corrected chi connectivity index (χ1v) is 7.18. The number of halogens is 3. The van der Waals surface area contributed by atoms with Crippen LogP contribution in [0.25, 0.3) is 0 Å². The SMILES string of the molecule is CCc1ccc(NC(=O)NCc2ccc(C(F)(F)F)cc2)cc1. The van der Waals surface area contributed by atoms with E-state index in [9.17, 15) is 18.0 Å². The second kappa shape index (κ2) is 7.17. The first-order valence-electron chi connectivity index (χ1n) is 7.18. The highest BCUT2D eigenvalue weighted by Crippen LogP contribution is 2.29. The number of amides is 2. The highest BCUT2D eigenvalue weighted by atomic mass is 19.4. The Morgan fingerprint density at radius 1 is 0.957 bits per heavy atom. The number of benzene rings is 2. The molecular formula is C17H17F3N2O. The third-order valence-corrected chi connectivity index (χ3v) is 3.35. The zero-order chi connectivity index (χ0) is 16.9. The monoisotopic (exact) mass is 322 g/mol. The minimum Gasteiger partial charge on any atom is -0.334 e. The third-order valence-electron chi connectivity index (χ3n) is 3.35. The summed E-state index contributed by atoms with van der Waals surface area (Å²) in [5.74, 6) is 0. The van der Waals surface area contributed by atoms with E-state index in [-0.39, 0.29) is 6.54 Å². The molecule has 2 aromatic rings. The summed E-state index contributed by atoms with van der Waals surface area (Å²) in [5.41, 5.74) is 1.71. The van der Waals surface area contributed by atoms with Crippen LogP contribution >= 0.6 is 0 Å². The van der Waals surface area contributed by atoms with Gasteiger partial charge in [0.1, 0.15) is 0 Å². The summed E-state index contributed by atoms with van der Waals surface area (Å²) in [7, 11) is 0. The summed E-state index contributed by atoms with van der Waals surface area (Å²) in [6.07, 6.45) is -3.44. The van der Waals surface area contributed by atoms with Crippen LogP contribution in [-0.4, -0.2) is 6.03 Å². The average molecular weight is 322 g/mol. The summed E-state index contributed by atoms with van der Waals surface area (Å²) in [4.78, 5) is 11.8. The zero-order valence-corrected chi connectivity index (χ0v) is 12.6. The lowest BCUT2D eigenvalue weighted by molar-refractivity contribution is -0.137. The summed E-state index contributed by atoms with van der Waals surface area (Å²) >= 11 is 0. The van der Waals surface area contributed by atoms with Crippen LogP contribution < -0.4 is 10.6 Å². The van der Waals surface area contributed by atoms with E-state index in [1.165, 1.54) is 17.7 Å². The number of rotatable bonds is 4. The molecule has 0 atom stereocenters. The predicted molar refractivity (Wildman–Crippen MR) is 83.1 cm³/mol. The molecule has 0 aliphatic rings. The smallest absolute Gasteiger partial charge is 0.334 e. The van der Waals surface area contributed by atoms with Crippen molar-refractivity contribution >= 4 is 11.7 Å². The van der Waals surface area contributed by atoms with Gasteiger partial charge in [-0.2, -0.15) is 13.2 Å². The van der Waals surface area contributed by atoms with Crippen LogP contribution in [0.2, 0.25) is 0 Å². The molecule has 0 aromatic heterocycles. The molecule has 0 bridgehead atoms. The Morgan fingerprint density at radius 2 is 1.52 bits per heavy atom. The summed E-state index contributed by atoms with van der Waals surface area (Å²) < 4.78 is 37.4. The van der Waals surface area contributed by atoms with Crippen LogP contribution in [0.1, 0.15) is 23.6 Å². The third kappa shape index (κ3) is 5.02. The number of anilines is 1. The second-order valence-corrected chi connectivity index (χ2v) is 5.05. The van der Waals surface area contributed by atoms with E-state index in [1.807, 2.05) is 19.1 Å². The van der Waals surface area contributed by atoms with Crippen LogP contribution in [-0.2, 0) is 19.1 Å². The second-order valence-electron chi connectivity index (χ2n) is 5.05. The predicted octanol–water partition coefficient (Wildman–Crippen LogP) is 4.59. The Balaban J connectivity index is 1.86. The van der Waals surface area contributed by atoms with Crippen molar-refractivity contribution in [2.45, 2.75) is 26.1 Å². The van der Waals surface area contributed by atoms with Crippen molar-refractivity contribution in [1.29, 1.82) is 0 Å². The van der Waals surface area contributed by atoms with Gasteiger partial charge in [-0.3, -0.25) is 0 Å². The summed E-state index contributed by atoms with van der Waals surface area (Å²) in [5, 5.41) is 5.27. The van der Waals surface area contributed by atoms with Gasteiger partial charge in [0.2, 0.25) is 0 Å². The molecule has 122 valence electrons. The summed E-state index contributed by atoms with van der Waals surface area (Å²) in [6, 6.07) is 11.7. The van der Waals surface area contributed by atoms with Crippen LogP contribution in [0, 0.1) is 0 Å².